The van der Waals surface area contributed by atoms with Gasteiger partial charge in [0.2, 0.25) is 0 Å². The number of nitrogens with one attached hydrogen (secondary N) is 2. The van der Waals surface area contributed by atoms with Gasteiger partial charge in [-0.1, -0.05) is 24.3 Å². The van der Waals surface area contributed by atoms with Gasteiger partial charge < -0.3 is 10.3 Å². The molecule has 2 aromatic rings. The zero-order chi connectivity index (χ0) is 16.9. The van der Waals surface area contributed by atoms with E-state index in [1.165, 1.54) is 31.5 Å². The van der Waals surface area contributed by atoms with Gasteiger partial charge in [0.15, 0.2) is 0 Å². The third-order valence-corrected chi connectivity index (χ3v) is 4.38. The standard InChI is InChI=1S/C19H23N3O2/c1-14-4-9-17(19(24)21-14)18(23)20-12-15-5-7-16(8-6-15)13-22-10-2-3-11-22/h4-9H,2-3,10-13H2,1H3,(H,20,23)(H,21,24). The lowest BCUT2D eigenvalue weighted by Gasteiger charge is -2.14. The molecule has 1 saturated heterocycles. The van der Waals surface area contributed by atoms with Crippen molar-refractivity contribution in [2.45, 2.75) is 32.9 Å². The van der Waals surface area contributed by atoms with Crippen LogP contribution < -0.4 is 10.9 Å². The molecule has 126 valence electrons. The third kappa shape index (κ3) is 4.11. The second-order valence-corrected chi connectivity index (χ2v) is 6.37. The van der Waals surface area contributed by atoms with Gasteiger partial charge in [0, 0.05) is 18.8 Å². The maximum Gasteiger partial charge on any atom is 0.260 e. The van der Waals surface area contributed by atoms with Crippen molar-refractivity contribution in [3.63, 3.8) is 0 Å². The van der Waals surface area contributed by atoms with Crippen molar-refractivity contribution < 1.29 is 4.79 Å². The van der Waals surface area contributed by atoms with E-state index in [9.17, 15) is 9.59 Å². The van der Waals surface area contributed by atoms with Gasteiger partial charge in [0.25, 0.3) is 11.5 Å². The van der Waals surface area contributed by atoms with Crippen LogP contribution >= 0.6 is 0 Å². The number of aromatic amines is 1. The van der Waals surface area contributed by atoms with Crippen molar-refractivity contribution in [2.24, 2.45) is 0 Å². The van der Waals surface area contributed by atoms with Gasteiger partial charge in [-0.3, -0.25) is 14.5 Å². The number of H-pyrrole nitrogens is 1. The fourth-order valence-electron chi connectivity index (χ4n) is 2.99. The molecule has 0 aliphatic carbocycles. The zero-order valence-corrected chi connectivity index (χ0v) is 14.0. The molecule has 1 aliphatic rings. The molecule has 24 heavy (non-hydrogen) atoms. The van der Waals surface area contributed by atoms with E-state index in [1.807, 2.05) is 12.1 Å². The number of rotatable bonds is 5. The molecule has 1 fully saturated rings. The molecular formula is C19H23N3O2. The Hall–Kier alpha value is -2.40. The molecule has 0 saturated carbocycles. The van der Waals surface area contributed by atoms with E-state index in [0.717, 1.165) is 17.8 Å². The summed E-state index contributed by atoms with van der Waals surface area (Å²) in [6.07, 6.45) is 2.59. The van der Waals surface area contributed by atoms with Gasteiger partial charge >= 0.3 is 0 Å². The fraction of sp³-hybridized carbons (Fsp3) is 0.368. The van der Waals surface area contributed by atoms with Crippen LogP contribution in [0.2, 0.25) is 0 Å². The first-order chi connectivity index (χ1) is 11.6. The summed E-state index contributed by atoms with van der Waals surface area (Å²) < 4.78 is 0. The largest absolute Gasteiger partial charge is 0.348 e. The van der Waals surface area contributed by atoms with E-state index < -0.39 is 0 Å². The molecule has 0 spiro atoms. The average molecular weight is 325 g/mol. The van der Waals surface area contributed by atoms with Crippen molar-refractivity contribution in [1.29, 1.82) is 0 Å². The highest BCUT2D eigenvalue weighted by molar-refractivity contribution is 5.93. The van der Waals surface area contributed by atoms with Crippen LogP contribution in [0.1, 0.15) is 40.0 Å². The highest BCUT2D eigenvalue weighted by atomic mass is 16.2. The Labute approximate surface area is 141 Å². The van der Waals surface area contributed by atoms with Crippen molar-refractivity contribution in [3.05, 3.63) is 69.1 Å². The van der Waals surface area contributed by atoms with E-state index in [4.69, 9.17) is 0 Å². The highest BCUT2D eigenvalue weighted by Crippen LogP contribution is 2.13. The number of carbonyl (C=O) groups excluding carboxylic acids is 1. The number of hydrogen-bond acceptors (Lipinski definition) is 3. The monoisotopic (exact) mass is 325 g/mol. The van der Waals surface area contributed by atoms with Crippen LogP contribution in [-0.4, -0.2) is 28.9 Å². The lowest BCUT2D eigenvalue weighted by atomic mass is 10.1. The molecule has 1 amide bonds. The minimum Gasteiger partial charge on any atom is -0.348 e. The van der Waals surface area contributed by atoms with Gasteiger partial charge in [-0.25, -0.2) is 0 Å². The molecule has 5 heteroatoms. The van der Waals surface area contributed by atoms with Crippen molar-refractivity contribution in [3.8, 4) is 0 Å². The molecule has 2 heterocycles. The summed E-state index contributed by atoms with van der Waals surface area (Å²) in [5.74, 6) is -0.350. The van der Waals surface area contributed by atoms with Crippen LogP contribution in [0, 0.1) is 6.92 Å². The topological polar surface area (TPSA) is 65.2 Å². The smallest absolute Gasteiger partial charge is 0.260 e. The maximum absolute atomic E-state index is 12.1. The average Bonchev–Trinajstić information content (AvgIpc) is 3.07. The van der Waals surface area contributed by atoms with Crippen LogP contribution in [0.4, 0.5) is 0 Å². The first-order valence-corrected chi connectivity index (χ1v) is 8.40. The summed E-state index contributed by atoms with van der Waals surface area (Å²) in [6, 6.07) is 11.6. The molecular weight excluding hydrogens is 302 g/mol. The molecule has 1 aromatic carbocycles. The number of nitrogens with zero attached hydrogens (tertiary/aromatic N) is 1. The van der Waals surface area contributed by atoms with Gasteiger partial charge in [0.05, 0.1) is 0 Å². The zero-order valence-electron chi connectivity index (χ0n) is 14.0. The van der Waals surface area contributed by atoms with E-state index in [-0.39, 0.29) is 17.0 Å². The number of carbonyl (C=O) groups is 1. The van der Waals surface area contributed by atoms with Crippen LogP contribution in [0.5, 0.6) is 0 Å². The van der Waals surface area contributed by atoms with Crippen LogP contribution in [0.15, 0.2) is 41.2 Å². The second kappa shape index (κ2) is 7.45. The molecule has 2 N–H and O–H groups in total. The number of aromatic nitrogens is 1. The predicted molar refractivity (Wildman–Crippen MR) is 93.9 cm³/mol. The Morgan fingerprint density at radius 1 is 1.08 bits per heavy atom. The molecule has 0 radical (unpaired) electrons. The minimum absolute atomic E-state index is 0.145. The molecule has 0 atom stereocenters. The quantitative estimate of drug-likeness (QED) is 0.886. The van der Waals surface area contributed by atoms with Gasteiger partial charge in [-0.05, 0) is 56.1 Å². The molecule has 5 nitrogen and oxygen atoms in total. The van der Waals surface area contributed by atoms with Crippen LogP contribution in [0.25, 0.3) is 0 Å². The first-order valence-electron chi connectivity index (χ1n) is 8.40. The summed E-state index contributed by atoms with van der Waals surface area (Å²) in [5.41, 5.74) is 2.85. The Balaban J connectivity index is 1.56. The van der Waals surface area contributed by atoms with E-state index >= 15 is 0 Å². The SMILES string of the molecule is Cc1ccc(C(=O)NCc2ccc(CN3CCCC3)cc2)c(=O)[nH]1. The highest BCUT2D eigenvalue weighted by Gasteiger charge is 2.12. The van der Waals surface area contributed by atoms with Gasteiger partial charge in [0.1, 0.15) is 5.56 Å². The number of benzene rings is 1. The number of hydrogen-bond donors (Lipinski definition) is 2. The predicted octanol–water partition coefficient (Wildman–Crippen LogP) is 2.21. The maximum atomic E-state index is 12.1. The molecule has 0 bridgehead atoms. The Kier molecular flexibility index (Phi) is 5.11. The third-order valence-electron chi connectivity index (χ3n) is 4.38. The fourth-order valence-corrected chi connectivity index (χ4v) is 2.99. The Morgan fingerprint density at radius 3 is 2.42 bits per heavy atom. The molecule has 1 aromatic heterocycles. The number of pyridine rings is 1. The van der Waals surface area contributed by atoms with Crippen molar-refractivity contribution >= 4 is 5.91 Å². The first kappa shape index (κ1) is 16.5. The Morgan fingerprint density at radius 2 is 1.75 bits per heavy atom. The number of aryl methyl sites for hydroxylation is 1. The van der Waals surface area contributed by atoms with Gasteiger partial charge in [-0.2, -0.15) is 0 Å². The lowest BCUT2D eigenvalue weighted by Crippen LogP contribution is -2.29. The minimum atomic E-state index is -0.353. The Bertz CT molecular complexity index is 759. The van der Waals surface area contributed by atoms with Crippen LogP contribution in [-0.2, 0) is 13.1 Å². The summed E-state index contributed by atoms with van der Waals surface area (Å²) in [5, 5.41) is 2.80. The summed E-state index contributed by atoms with van der Waals surface area (Å²) in [6.45, 7) is 5.56. The van der Waals surface area contributed by atoms with E-state index in [2.05, 4.69) is 27.3 Å². The normalized spacial score (nSPS) is 14.7. The van der Waals surface area contributed by atoms with Crippen LogP contribution in [0.3, 0.4) is 0 Å². The number of amides is 1. The van der Waals surface area contributed by atoms with E-state index in [1.54, 1.807) is 19.1 Å². The number of likely N-dealkylation sites (tertiary alicyclic amines) is 1. The summed E-state index contributed by atoms with van der Waals surface area (Å²) >= 11 is 0. The van der Waals surface area contributed by atoms with Crippen molar-refractivity contribution in [1.82, 2.24) is 15.2 Å². The summed E-state index contributed by atoms with van der Waals surface area (Å²) in [4.78, 5) is 29.0. The van der Waals surface area contributed by atoms with E-state index in [0.29, 0.717) is 6.54 Å². The molecule has 0 unspecified atom stereocenters. The summed E-state index contributed by atoms with van der Waals surface area (Å²) in [7, 11) is 0. The second-order valence-electron chi connectivity index (χ2n) is 6.37. The lowest BCUT2D eigenvalue weighted by molar-refractivity contribution is 0.0949. The molecule has 1 aliphatic heterocycles. The molecule has 3 rings (SSSR count). The van der Waals surface area contributed by atoms with Crippen molar-refractivity contribution in [2.75, 3.05) is 13.1 Å². The van der Waals surface area contributed by atoms with Gasteiger partial charge in [-0.15, -0.1) is 0 Å².